The van der Waals surface area contributed by atoms with E-state index in [1.54, 1.807) is 0 Å². The molecule has 0 aromatic heterocycles. The van der Waals surface area contributed by atoms with Crippen LogP contribution in [0.4, 0.5) is 0 Å². The fourth-order valence-corrected chi connectivity index (χ4v) is 2.48. The normalized spacial score (nSPS) is 10.7. The first-order valence-corrected chi connectivity index (χ1v) is 6.71. The first-order chi connectivity index (χ1) is 8.54. The maximum atomic E-state index is 2.29. The summed E-state index contributed by atoms with van der Waals surface area (Å²) in [7, 11) is 0. The molecule has 0 amide bonds. The SMILES string of the molecule is CCc1ccc(-c2ccc(C)c(C)c2)c(C)c1C. The second kappa shape index (κ2) is 4.97. The first-order valence-electron chi connectivity index (χ1n) is 6.71. The van der Waals surface area contributed by atoms with Gasteiger partial charge < -0.3 is 0 Å². The molecule has 0 heterocycles. The molecule has 0 spiro atoms. The molecule has 0 bridgehead atoms. The average Bonchev–Trinajstić information content (AvgIpc) is 2.36. The fraction of sp³-hybridized carbons (Fsp3) is 0.333. The highest BCUT2D eigenvalue weighted by molar-refractivity contribution is 5.70. The van der Waals surface area contributed by atoms with Gasteiger partial charge in [-0.25, -0.2) is 0 Å². The van der Waals surface area contributed by atoms with E-state index in [1.165, 1.54) is 38.9 Å². The van der Waals surface area contributed by atoms with Gasteiger partial charge >= 0.3 is 0 Å². The third kappa shape index (κ3) is 2.20. The lowest BCUT2D eigenvalue weighted by atomic mass is 9.91. The molecule has 0 saturated heterocycles. The molecule has 0 aliphatic carbocycles. The van der Waals surface area contributed by atoms with E-state index in [-0.39, 0.29) is 0 Å². The summed E-state index contributed by atoms with van der Waals surface area (Å²) in [5.41, 5.74) is 9.74. The van der Waals surface area contributed by atoms with Crippen LogP contribution >= 0.6 is 0 Å². The minimum atomic E-state index is 1.11. The van der Waals surface area contributed by atoms with Crippen LogP contribution in [0, 0.1) is 27.7 Å². The van der Waals surface area contributed by atoms with Crippen LogP contribution < -0.4 is 0 Å². The van der Waals surface area contributed by atoms with E-state index >= 15 is 0 Å². The predicted molar refractivity (Wildman–Crippen MR) is 80.2 cm³/mol. The van der Waals surface area contributed by atoms with Gasteiger partial charge in [0.05, 0.1) is 0 Å². The Labute approximate surface area is 111 Å². The number of rotatable bonds is 2. The molecule has 0 fully saturated rings. The van der Waals surface area contributed by atoms with Gasteiger partial charge in [-0.1, -0.05) is 37.3 Å². The Balaban J connectivity index is 2.57. The molecule has 2 aromatic rings. The van der Waals surface area contributed by atoms with Crippen LogP contribution in [0.3, 0.4) is 0 Å². The van der Waals surface area contributed by atoms with E-state index in [1.807, 2.05) is 0 Å². The van der Waals surface area contributed by atoms with Gasteiger partial charge in [0.1, 0.15) is 0 Å². The van der Waals surface area contributed by atoms with Crippen molar-refractivity contribution in [3.8, 4) is 11.1 Å². The van der Waals surface area contributed by atoms with Gasteiger partial charge in [0.15, 0.2) is 0 Å². The van der Waals surface area contributed by atoms with Crippen LogP contribution in [0.25, 0.3) is 11.1 Å². The van der Waals surface area contributed by atoms with Crippen molar-refractivity contribution in [1.82, 2.24) is 0 Å². The summed E-state index contributed by atoms with van der Waals surface area (Å²) < 4.78 is 0. The van der Waals surface area contributed by atoms with Crippen molar-refractivity contribution < 1.29 is 0 Å². The smallest absolute Gasteiger partial charge is 0.0152 e. The van der Waals surface area contributed by atoms with Gasteiger partial charge in [-0.05, 0) is 73.1 Å². The lowest BCUT2D eigenvalue weighted by Gasteiger charge is -2.14. The number of benzene rings is 2. The van der Waals surface area contributed by atoms with E-state index in [2.05, 4.69) is 65.0 Å². The van der Waals surface area contributed by atoms with E-state index in [4.69, 9.17) is 0 Å². The molecule has 0 saturated carbocycles. The summed E-state index contributed by atoms with van der Waals surface area (Å²) in [5, 5.41) is 0. The van der Waals surface area contributed by atoms with Crippen LogP contribution in [0.5, 0.6) is 0 Å². The van der Waals surface area contributed by atoms with Gasteiger partial charge in [0, 0.05) is 0 Å². The zero-order chi connectivity index (χ0) is 13.3. The quantitative estimate of drug-likeness (QED) is 0.678. The van der Waals surface area contributed by atoms with E-state index in [0.29, 0.717) is 0 Å². The average molecular weight is 238 g/mol. The van der Waals surface area contributed by atoms with Crippen LogP contribution in [0.2, 0.25) is 0 Å². The molecular formula is C18H22. The molecule has 0 unspecified atom stereocenters. The molecule has 0 aliphatic heterocycles. The maximum absolute atomic E-state index is 2.29. The van der Waals surface area contributed by atoms with Crippen molar-refractivity contribution in [3.63, 3.8) is 0 Å². The molecule has 2 rings (SSSR count). The Bertz CT molecular complexity index is 577. The zero-order valence-corrected chi connectivity index (χ0v) is 12.1. The topological polar surface area (TPSA) is 0 Å². The van der Waals surface area contributed by atoms with Gasteiger partial charge in [0.25, 0.3) is 0 Å². The molecule has 0 heteroatoms. The molecule has 0 aliphatic rings. The second-order valence-corrected chi connectivity index (χ2v) is 5.17. The monoisotopic (exact) mass is 238 g/mol. The highest BCUT2D eigenvalue weighted by atomic mass is 14.1. The molecule has 0 nitrogen and oxygen atoms in total. The third-order valence-electron chi connectivity index (χ3n) is 4.10. The number of hydrogen-bond acceptors (Lipinski definition) is 0. The van der Waals surface area contributed by atoms with Crippen molar-refractivity contribution in [2.45, 2.75) is 41.0 Å². The van der Waals surface area contributed by atoms with E-state index in [9.17, 15) is 0 Å². The van der Waals surface area contributed by atoms with E-state index in [0.717, 1.165) is 6.42 Å². The van der Waals surface area contributed by atoms with E-state index < -0.39 is 0 Å². The Morgan fingerprint density at radius 3 is 2.11 bits per heavy atom. The fourth-order valence-electron chi connectivity index (χ4n) is 2.48. The van der Waals surface area contributed by atoms with Crippen molar-refractivity contribution in [2.75, 3.05) is 0 Å². The van der Waals surface area contributed by atoms with Crippen LogP contribution in [-0.4, -0.2) is 0 Å². The predicted octanol–water partition coefficient (Wildman–Crippen LogP) is 5.15. The van der Waals surface area contributed by atoms with Crippen molar-refractivity contribution in [2.24, 2.45) is 0 Å². The van der Waals surface area contributed by atoms with Crippen LogP contribution in [-0.2, 0) is 6.42 Å². The molecule has 0 radical (unpaired) electrons. The second-order valence-electron chi connectivity index (χ2n) is 5.17. The Morgan fingerprint density at radius 1 is 0.778 bits per heavy atom. The maximum Gasteiger partial charge on any atom is -0.0152 e. The molecule has 0 atom stereocenters. The van der Waals surface area contributed by atoms with Gasteiger partial charge in [-0.2, -0.15) is 0 Å². The molecule has 18 heavy (non-hydrogen) atoms. The summed E-state index contributed by atoms with van der Waals surface area (Å²) >= 11 is 0. The summed E-state index contributed by atoms with van der Waals surface area (Å²) in [6, 6.07) is 11.3. The lowest BCUT2D eigenvalue weighted by molar-refractivity contribution is 1.09. The standard InChI is InChI=1S/C18H22/c1-6-16-9-10-18(15(5)14(16)4)17-8-7-12(2)13(3)11-17/h7-11H,6H2,1-5H3. The van der Waals surface area contributed by atoms with Crippen LogP contribution in [0.1, 0.15) is 34.7 Å². The summed E-state index contributed by atoms with van der Waals surface area (Å²) in [6.45, 7) is 11.0. The summed E-state index contributed by atoms with van der Waals surface area (Å²) in [5.74, 6) is 0. The van der Waals surface area contributed by atoms with Crippen molar-refractivity contribution >= 4 is 0 Å². The summed E-state index contributed by atoms with van der Waals surface area (Å²) in [4.78, 5) is 0. The van der Waals surface area contributed by atoms with Gasteiger partial charge in [-0.15, -0.1) is 0 Å². The van der Waals surface area contributed by atoms with Crippen molar-refractivity contribution in [3.05, 3.63) is 58.1 Å². The Hall–Kier alpha value is -1.56. The molecular weight excluding hydrogens is 216 g/mol. The van der Waals surface area contributed by atoms with Gasteiger partial charge in [0.2, 0.25) is 0 Å². The zero-order valence-electron chi connectivity index (χ0n) is 12.1. The lowest BCUT2D eigenvalue weighted by Crippen LogP contribution is -1.94. The highest BCUT2D eigenvalue weighted by Crippen LogP contribution is 2.29. The third-order valence-corrected chi connectivity index (χ3v) is 4.10. The Morgan fingerprint density at radius 2 is 1.50 bits per heavy atom. The largest absolute Gasteiger partial charge is 0.0613 e. The molecule has 94 valence electrons. The first kappa shape index (κ1) is 12.9. The highest BCUT2D eigenvalue weighted by Gasteiger charge is 2.07. The Kier molecular flexibility index (Phi) is 3.56. The summed E-state index contributed by atoms with van der Waals surface area (Å²) in [6.07, 6.45) is 1.11. The minimum Gasteiger partial charge on any atom is -0.0613 e. The van der Waals surface area contributed by atoms with Crippen LogP contribution in [0.15, 0.2) is 30.3 Å². The van der Waals surface area contributed by atoms with Crippen molar-refractivity contribution in [1.29, 1.82) is 0 Å². The number of hydrogen-bond donors (Lipinski definition) is 0. The minimum absolute atomic E-state index is 1.11. The number of aryl methyl sites for hydroxylation is 3. The molecule has 0 N–H and O–H groups in total. The van der Waals surface area contributed by atoms with Gasteiger partial charge in [-0.3, -0.25) is 0 Å². The molecule has 2 aromatic carbocycles.